The number of esters is 1. The summed E-state index contributed by atoms with van der Waals surface area (Å²) in [5.41, 5.74) is 3.12. The van der Waals surface area contributed by atoms with Gasteiger partial charge in [-0.1, -0.05) is 0 Å². The number of imidazole rings is 1. The fraction of sp³-hybridized carbons (Fsp3) is 0.381. The van der Waals surface area contributed by atoms with Gasteiger partial charge in [0.1, 0.15) is 11.5 Å². The number of aryl methyl sites for hydroxylation is 1. The van der Waals surface area contributed by atoms with E-state index in [9.17, 15) is 9.59 Å². The molecule has 2 aromatic heterocycles. The Kier molecular flexibility index (Phi) is 4.25. The van der Waals surface area contributed by atoms with E-state index in [2.05, 4.69) is 10.3 Å². The molecule has 7 heteroatoms. The molecule has 0 saturated carbocycles. The molecule has 1 unspecified atom stereocenters. The molecule has 0 radical (unpaired) electrons. The standard InChI is InChI=1S/C21H24N4O3/c1-5-24-17-7-6-10-22-18(17)25(20(24)27)13-8-9-16-14(11-13)15(12-23-16)19(26)28-21(2,3)4/h6-11,15,23H,5,12H2,1-4H3. The van der Waals surface area contributed by atoms with Gasteiger partial charge < -0.3 is 10.1 Å². The summed E-state index contributed by atoms with van der Waals surface area (Å²) in [4.78, 5) is 30.1. The minimum atomic E-state index is -0.549. The van der Waals surface area contributed by atoms with Crippen LogP contribution in [0, 0.1) is 0 Å². The van der Waals surface area contributed by atoms with E-state index in [1.807, 2.05) is 58.0 Å². The Labute approximate surface area is 163 Å². The zero-order valence-electron chi connectivity index (χ0n) is 16.5. The number of hydrogen-bond donors (Lipinski definition) is 1. The molecule has 0 saturated heterocycles. The minimum Gasteiger partial charge on any atom is -0.459 e. The number of carbonyl (C=O) groups excluding carboxylic acids is 1. The molecule has 1 aliphatic rings. The Hall–Kier alpha value is -3.09. The smallest absolute Gasteiger partial charge is 0.334 e. The summed E-state index contributed by atoms with van der Waals surface area (Å²) >= 11 is 0. The fourth-order valence-electron chi connectivity index (χ4n) is 3.67. The van der Waals surface area contributed by atoms with Crippen LogP contribution in [0.2, 0.25) is 0 Å². The largest absolute Gasteiger partial charge is 0.459 e. The molecule has 0 aliphatic carbocycles. The van der Waals surface area contributed by atoms with Crippen molar-refractivity contribution in [3.8, 4) is 5.69 Å². The number of hydrogen-bond acceptors (Lipinski definition) is 5. The van der Waals surface area contributed by atoms with Crippen molar-refractivity contribution in [3.05, 3.63) is 52.6 Å². The van der Waals surface area contributed by atoms with Gasteiger partial charge in [0.2, 0.25) is 0 Å². The van der Waals surface area contributed by atoms with Gasteiger partial charge in [-0.25, -0.2) is 14.3 Å². The maximum Gasteiger partial charge on any atom is 0.334 e. The van der Waals surface area contributed by atoms with Gasteiger partial charge in [-0.15, -0.1) is 0 Å². The average Bonchev–Trinajstić information content (AvgIpc) is 3.17. The number of ether oxygens (including phenoxy) is 1. The SMILES string of the molecule is CCn1c(=O)n(-c2ccc3c(c2)C(C(=O)OC(C)(C)C)CN3)c2ncccc21. The molecule has 146 valence electrons. The Morgan fingerprint density at radius 1 is 1.32 bits per heavy atom. The van der Waals surface area contributed by atoms with Crippen molar-refractivity contribution >= 4 is 22.8 Å². The summed E-state index contributed by atoms with van der Waals surface area (Å²) in [6.07, 6.45) is 1.68. The van der Waals surface area contributed by atoms with E-state index in [1.165, 1.54) is 0 Å². The van der Waals surface area contributed by atoms with Crippen molar-refractivity contribution < 1.29 is 9.53 Å². The number of nitrogens with zero attached hydrogens (tertiary/aromatic N) is 3. The Balaban J connectivity index is 1.82. The van der Waals surface area contributed by atoms with Crippen LogP contribution in [0.4, 0.5) is 5.69 Å². The fourth-order valence-corrected chi connectivity index (χ4v) is 3.67. The van der Waals surface area contributed by atoms with E-state index >= 15 is 0 Å². The maximum atomic E-state index is 13.0. The summed E-state index contributed by atoms with van der Waals surface area (Å²) in [6.45, 7) is 8.54. The van der Waals surface area contributed by atoms with Crippen LogP contribution in [0.15, 0.2) is 41.3 Å². The van der Waals surface area contributed by atoms with E-state index in [0.717, 1.165) is 16.8 Å². The highest BCUT2D eigenvalue weighted by Gasteiger charge is 2.33. The molecule has 3 heterocycles. The summed E-state index contributed by atoms with van der Waals surface area (Å²) in [6, 6.07) is 9.38. The number of rotatable bonds is 3. The first-order chi connectivity index (χ1) is 13.3. The lowest BCUT2D eigenvalue weighted by atomic mass is 10.0. The van der Waals surface area contributed by atoms with Gasteiger partial charge in [-0.05, 0) is 63.6 Å². The normalized spacial score (nSPS) is 16.1. The predicted molar refractivity (Wildman–Crippen MR) is 108 cm³/mol. The predicted octanol–water partition coefficient (Wildman–Crippen LogP) is 3.06. The molecular formula is C21H24N4O3. The zero-order valence-corrected chi connectivity index (χ0v) is 16.5. The molecule has 1 aromatic carbocycles. The van der Waals surface area contributed by atoms with Crippen molar-refractivity contribution in [2.45, 2.75) is 45.8 Å². The van der Waals surface area contributed by atoms with Crippen LogP contribution in [-0.2, 0) is 16.1 Å². The molecule has 1 atom stereocenters. The van der Waals surface area contributed by atoms with Crippen LogP contribution >= 0.6 is 0 Å². The van der Waals surface area contributed by atoms with Crippen molar-refractivity contribution in [2.24, 2.45) is 0 Å². The number of aromatic nitrogens is 3. The lowest BCUT2D eigenvalue weighted by Gasteiger charge is -2.22. The number of fused-ring (bicyclic) bond motifs is 2. The second-order valence-corrected chi connectivity index (χ2v) is 7.95. The molecule has 7 nitrogen and oxygen atoms in total. The number of benzene rings is 1. The zero-order chi connectivity index (χ0) is 20.1. The first kappa shape index (κ1) is 18.3. The molecule has 1 N–H and O–H groups in total. The number of pyridine rings is 1. The van der Waals surface area contributed by atoms with E-state index in [-0.39, 0.29) is 11.7 Å². The molecule has 0 fully saturated rings. The molecule has 0 spiro atoms. The molecule has 1 aliphatic heterocycles. The summed E-state index contributed by atoms with van der Waals surface area (Å²) in [5.74, 6) is -0.672. The van der Waals surface area contributed by atoms with Gasteiger partial charge >= 0.3 is 11.7 Å². The van der Waals surface area contributed by atoms with Crippen molar-refractivity contribution in [2.75, 3.05) is 11.9 Å². The van der Waals surface area contributed by atoms with Gasteiger partial charge in [0.15, 0.2) is 5.65 Å². The summed E-state index contributed by atoms with van der Waals surface area (Å²) in [5, 5.41) is 3.25. The first-order valence-electron chi connectivity index (χ1n) is 9.47. The molecule has 0 amide bonds. The second kappa shape index (κ2) is 6.51. The third kappa shape index (κ3) is 2.96. The molecule has 4 rings (SSSR count). The Bertz CT molecular complexity index is 1120. The van der Waals surface area contributed by atoms with Crippen LogP contribution in [0.5, 0.6) is 0 Å². The van der Waals surface area contributed by atoms with Crippen LogP contribution in [-0.4, -0.2) is 32.2 Å². The highest BCUT2D eigenvalue weighted by Crippen LogP contribution is 2.35. The topological polar surface area (TPSA) is 78.2 Å². The number of carbonyl (C=O) groups is 1. The average molecular weight is 380 g/mol. The first-order valence-corrected chi connectivity index (χ1v) is 9.47. The summed E-state index contributed by atoms with van der Waals surface area (Å²) < 4.78 is 8.87. The Morgan fingerprint density at radius 3 is 2.82 bits per heavy atom. The van der Waals surface area contributed by atoms with E-state index in [1.54, 1.807) is 15.3 Å². The molecular weight excluding hydrogens is 356 g/mol. The van der Waals surface area contributed by atoms with Gasteiger partial charge in [0.25, 0.3) is 0 Å². The molecule has 28 heavy (non-hydrogen) atoms. The lowest BCUT2D eigenvalue weighted by molar-refractivity contribution is -0.156. The van der Waals surface area contributed by atoms with Gasteiger partial charge in [-0.3, -0.25) is 9.36 Å². The van der Waals surface area contributed by atoms with Gasteiger partial charge in [0, 0.05) is 25.0 Å². The number of nitrogens with one attached hydrogen (secondary N) is 1. The highest BCUT2D eigenvalue weighted by molar-refractivity contribution is 5.85. The van der Waals surface area contributed by atoms with E-state index in [4.69, 9.17) is 4.74 Å². The number of anilines is 1. The van der Waals surface area contributed by atoms with Crippen molar-refractivity contribution in [1.29, 1.82) is 0 Å². The maximum absolute atomic E-state index is 13.0. The van der Waals surface area contributed by atoms with Crippen molar-refractivity contribution in [1.82, 2.24) is 14.1 Å². The van der Waals surface area contributed by atoms with E-state index < -0.39 is 11.5 Å². The van der Waals surface area contributed by atoms with Gasteiger partial charge in [0.05, 0.1) is 11.2 Å². The second-order valence-electron chi connectivity index (χ2n) is 7.95. The lowest BCUT2D eigenvalue weighted by Crippen LogP contribution is -2.28. The molecule has 0 bridgehead atoms. The van der Waals surface area contributed by atoms with E-state index in [0.29, 0.717) is 24.4 Å². The third-order valence-corrected chi connectivity index (χ3v) is 4.86. The minimum absolute atomic E-state index is 0.143. The quantitative estimate of drug-likeness (QED) is 0.707. The van der Waals surface area contributed by atoms with Crippen LogP contribution in [0.3, 0.4) is 0 Å². The van der Waals surface area contributed by atoms with Crippen LogP contribution in [0.25, 0.3) is 16.9 Å². The molecule has 3 aromatic rings. The summed E-state index contributed by atoms with van der Waals surface area (Å²) in [7, 11) is 0. The Morgan fingerprint density at radius 2 is 2.11 bits per heavy atom. The van der Waals surface area contributed by atoms with Gasteiger partial charge in [-0.2, -0.15) is 0 Å². The third-order valence-electron chi connectivity index (χ3n) is 4.86. The van der Waals surface area contributed by atoms with Crippen LogP contribution in [0.1, 0.15) is 39.2 Å². The van der Waals surface area contributed by atoms with Crippen molar-refractivity contribution in [3.63, 3.8) is 0 Å². The van der Waals surface area contributed by atoms with Crippen LogP contribution < -0.4 is 11.0 Å². The highest BCUT2D eigenvalue weighted by atomic mass is 16.6. The monoisotopic (exact) mass is 380 g/mol.